The van der Waals surface area contributed by atoms with Gasteiger partial charge in [0.2, 0.25) is 0 Å². The Morgan fingerprint density at radius 1 is 1.31 bits per heavy atom. The van der Waals surface area contributed by atoms with E-state index in [2.05, 4.69) is 9.97 Å². The Morgan fingerprint density at radius 2 is 2.08 bits per heavy atom. The van der Waals surface area contributed by atoms with Crippen LogP contribution in [0.4, 0.5) is 4.39 Å². The Morgan fingerprint density at radius 3 is 2.81 bits per heavy atom. The second-order valence-corrected chi connectivity index (χ2v) is 6.63. The maximum Gasteiger partial charge on any atom is 0.257 e. The highest BCUT2D eigenvalue weighted by Gasteiger charge is 2.33. The molecule has 1 aliphatic rings. The number of aryl methyl sites for hydroxylation is 1. The molecule has 0 saturated carbocycles. The first-order chi connectivity index (χ1) is 12.5. The first-order valence-electron chi connectivity index (χ1n) is 8.63. The predicted octanol–water partition coefficient (Wildman–Crippen LogP) is 2.36. The SMILES string of the molecule is Cc1ncncc1C(=O)N1CCCC(O)(COc2ccc(F)cc2)CC1. The number of hydrogen-bond donors (Lipinski definition) is 1. The van der Waals surface area contributed by atoms with E-state index in [9.17, 15) is 14.3 Å². The van der Waals surface area contributed by atoms with Gasteiger partial charge in [-0.1, -0.05) is 0 Å². The van der Waals surface area contributed by atoms with E-state index < -0.39 is 5.60 Å². The molecule has 1 aliphatic heterocycles. The summed E-state index contributed by atoms with van der Waals surface area (Å²) < 4.78 is 18.6. The van der Waals surface area contributed by atoms with Crippen LogP contribution in [0.5, 0.6) is 5.75 Å². The van der Waals surface area contributed by atoms with Gasteiger partial charge >= 0.3 is 0 Å². The minimum absolute atomic E-state index is 0.105. The molecular formula is C19H22FN3O3. The van der Waals surface area contributed by atoms with Gasteiger partial charge in [-0.25, -0.2) is 14.4 Å². The molecule has 6 nitrogen and oxygen atoms in total. The van der Waals surface area contributed by atoms with E-state index in [1.807, 2.05) is 0 Å². The summed E-state index contributed by atoms with van der Waals surface area (Å²) in [6.07, 6.45) is 4.55. The van der Waals surface area contributed by atoms with Crippen molar-refractivity contribution in [3.8, 4) is 5.75 Å². The molecule has 26 heavy (non-hydrogen) atoms. The average molecular weight is 359 g/mol. The summed E-state index contributed by atoms with van der Waals surface area (Å²) in [4.78, 5) is 22.4. The van der Waals surface area contributed by atoms with Crippen LogP contribution in [0.2, 0.25) is 0 Å². The highest BCUT2D eigenvalue weighted by Crippen LogP contribution is 2.25. The summed E-state index contributed by atoms with van der Waals surface area (Å²) in [6.45, 7) is 2.87. The maximum absolute atomic E-state index is 12.9. The number of ether oxygens (including phenoxy) is 1. The zero-order chi connectivity index (χ0) is 18.6. The lowest BCUT2D eigenvalue weighted by Crippen LogP contribution is -2.38. The van der Waals surface area contributed by atoms with E-state index in [1.165, 1.54) is 36.8 Å². The van der Waals surface area contributed by atoms with Crippen LogP contribution in [0.25, 0.3) is 0 Å². The third-order valence-corrected chi connectivity index (χ3v) is 4.67. The van der Waals surface area contributed by atoms with Crippen LogP contribution >= 0.6 is 0 Å². The van der Waals surface area contributed by atoms with Crippen LogP contribution in [-0.4, -0.2) is 51.2 Å². The molecule has 7 heteroatoms. The van der Waals surface area contributed by atoms with Gasteiger partial charge in [0.25, 0.3) is 5.91 Å². The van der Waals surface area contributed by atoms with Gasteiger partial charge in [-0.2, -0.15) is 0 Å². The number of carbonyl (C=O) groups excluding carboxylic acids is 1. The summed E-state index contributed by atoms with van der Waals surface area (Å²) in [5.41, 5.74) is 0.107. The fraction of sp³-hybridized carbons (Fsp3) is 0.421. The van der Waals surface area contributed by atoms with Crippen molar-refractivity contribution in [1.29, 1.82) is 0 Å². The van der Waals surface area contributed by atoms with Gasteiger partial charge in [-0.3, -0.25) is 4.79 Å². The van der Waals surface area contributed by atoms with Crippen molar-refractivity contribution in [2.45, 2.75) is 31.8 Å². The standard InChI is InChI=1S/C19H22FN3O3/c1-14-17(11-21-13-22-14)18(24)23-9-2-7-19(25,8-10-23)12-26-16-5-3-15(20)4-6-16/h3-6,11,13,25H,2,7-10,12H2,1H3. The molecule has 0 radical (unpaired) electrons. The number of nitrogens with zero attached hydrogens (tertiary/aromatic N) is 3. The quantitative estimate of drug-likeness (QED) is 0.907. The second-order valence-electron chi connectivity index (χ2n) is 6.63. The maximum atomic E-state index is 12.9. The van der Waals surface area contributed by atoms with Crippen LogP contribution in [0.15, 0.2) is 36.8 Å². The number of hydrogen-bond acceptors (Lipinski definition) is 5. The summed E-state index contributed by atoms with van der Waals surface area (Å²) in [7, 11) is 0. The highest BCUT2D eigenvalue weighted by atomic mass is 19.1. The van der Waals surface area contributed by atoms with Crippen LogP contribution in [-0.2, 0) is 0 Å². The number of rotatable bonds is 4. The van der Waals surface area contributed by atoms with Gasteiger partial charge < -0.3 is 14.7 Å². The van der Waals surface area contributed by atoms with Gasteiger partial charge in [0.1, 0.15) is 30.1 Å². The van der Waals surface area contributed by atoms with Crippen LogP contribution in [0, 0.1) is 12.7 Å². The summed E-state index contributed by atoms with van der Waals surface area (Å²) in [5, 5.41) is 10.8. The fourth-order valence-electron chi connectivity index (χ4n) is 3.05. The molecule has 1 unspecified atom stereocenters. The smallest absolute Gasteiger partial charge is 0.257 e. The average Bonchev–Trinajstić information content (AvgIpc) is 2.83. The predicted molar refractivity (Wildman–Crippen MR) is 93.4 cm³/mol. The Bertz CT molecular complexity index is 769. The van der Waals surface area contributed by atoms with Gasteiger partial charge in [0.15, 0.2) is 0 Å². The molecule has 3 rings (SSSR count). The topological polar surface area (TPSA) is 75.6 Å². The number of benzene rings is 1. The van der Waals surface area contributed by atoms with E-state index >= 15 is 0 Å². The second kappa shape index (κ2) is 7.78. The third kappa shape index (κ3) is 4.35. The molecule has 1 saturated heterocycles. The number of amides is 1. The van der Waals surface area contributed by atoms with Gasteiger partial charge in [0, 0.05) is 19.3 Å². The van der Waals surface area contributed by atoms with E-state index in [-0.39, 0.29) is 18.3 Å². The van der Waals surface area contributed by atoms with Crippen molar-refractivity contribution in [3.63, 3.8) is 0 Å². The Balaban J connectivity index is 1.61. The fourth-order valence-corrected chi connectivity index (χ4v) is 3.05. The third-order valence-electron chi connectivity index (χ3n) is 4.67. The molecule has 1 fully saturated rings. The van der Waals surface area contributed by atoms with Crippen molar-refractivity contribution in [3.05, 3.63) is 53.9 Å². The van der Waals surface area contributed by atoms with E-state index in [1.54, 1.807) is 11.8 Å². The minimum Gasteiger partial charge on any atom is -0.491 e. The molecule has 1 amide bonds. The van der Waals surface area contributed by atoms with E-state index in [0.717, 1.165) is 0 Å². The van der Waals surface area contributed by atoms with Gasteiger partial charge in [0.05, 0.1) is 11.3 Å². The molecule has 2 heterocycles. The normalized spacial score (nSPS) is 20.5. The van der Waals surface area contributed by atoms with Crippen molar-refractivity contribution in [1.82, 2.24) is 14.9 Å². The summed E-state index contributed by atoms with van der Waals surface area (Å²) >= 11 is 0. The number of aliphatic hydroxyl groups is 1. The minimum atomic E-state index is -1.02. The monoisotopic (exact) mass is 359 g/mol. The molecule has 0 aliphatic carbocycles. The van der Waals surface area contributed by atoms with Crippen molar-refractivity contribution in [2.75, 3.05) is 19.7 Å². The molecule has 1 atom stereocenters. The molecule has 0 spiro atoms. The van der Waals surface area contributed by atoms with Crippen LogP contribution < -0.4 is 4.74 Å². The highest BCUT2D eigenvalue weighted by molar-refractivity contribution is 5.94. The number of aromatic nitrogens is 2. The lowest BCUT2D eigenvalue weighted by Gasteiger charge is -2.27. The van der Waals surface area contributed by atoms with Crippen LogP contribution in [0.1, 0.15) is 35.3 Å². The van der Waals surface area contributed by atoms with E-state index in [0.29, 0.717) is 49.4 Å². The first kappa shape index (κ1) is 18.3. The molecule has 1 aromatic heterocycles. The summed E-state index contributed by atoms with van der Waals surface area (Å²) in [5.74, 6) is 0.0562. The van der Waals surface area contributed by atoms with Gasteiger partial charge in [-0.05, 0) is 50.5 Å². The molecular weight excluding hydrogens is 337 g/mol. The number of carbonyl (C=O) groups is 1. The lowest BCUT2D eigenvalue weighted by atomic mass is 9.96. The first-order valence-corrected chi connectivity index (χ1v) is 8.63. The Labute approximate surface area is 151 Å². The lowest BCUT2D eigenvalue weighted by molar-refractivity contribution is -0.0163. The molecule has 138 valence electrons. The zero-order valence-corrected chi connectivity index (χ0v) is 14.7. The van der Waals surface area contributed by atoms with Crippen molar-refractivity contribution >= 4 is 5.91 Å². The molecule has 1 aromatic carbocycles. The largest absolute Gasteiger partial charge is 0.491 e. The molecule has 2 aromatic rings. The van der Waals surface area contributed by atoms with Crippen LogP contribution in [0.3, 0.4) is 0 Å². The van der Waals surface area contributed by atoms with Crippen molar-refractivity contribution in [2.24, 2.45) is 0 Å². The number of likely N-dealkylation sites (tertiary alicyclic amines) is 1. The van der Waals surface area contributed by atoms with E-state index in [4.69, 9.17) is 4.74 Å². The molecule has 0 bridgehead atoms. The molecule has 1 N–H and O–H groups in total. The van der Waals surface area contributed by atoms with Gasteiger partial charge in [-0.15, -0.1) is 0 Å². The zero-order valence-electron chi connectivity index (χ0n) is 14.7. The van der Waals surface area contributed by atoms with Crippen molar-refractivity contribution < 1.29 is 19.0 Å². The Hall–Kier alpha value is -2.54. The Kier molecular flexibility index (Phi) is 5.46. The number of halogens is 1. The summed E-state index contributed by atoms with van der Waals surface area (Å²) in [6, 6.07) is 5.70.